The van der Waals surface area contributed by atoms with E-state index in [9.17, 15) is 18.0 Å². The lowest BCUT2D eigenvalue weighted by Crippen LogP contribution is -2.48. The standard InChI is InChI=1S/C32H33F3N2O3/c1-29(2,28(36)38)21-9-11-22(12-10-21)31-17-15-30(16-18-31,19-39-31)14-13-24-26(37-40-27(24)20-7-8-20)23-5-3-4-6-25(23)32(33,34)35/h3-6,9-14,20H,7-8,15-19H2,1-2H3,(H2,36,38). The summed E-state index contributed by atoms with van der Waals surface area (Å²) in [5.41, 5.74) is 6.42. The van der Waals surface area contributed by atoms with Crippen molar-refractivity contribution in [3.05, 3.63) is 82.6 Å². The maximum atomic E-state index is 13.8. The topological polar surface area (TPSA) is 78.4 Å². The predicted octanol–water partition coefficient (Wildman–Crippen LogP) is 7.50. The summed E-state index contributed by atoms with van der Waals surface area (Å²) < 4.78 is 53.6. The van der Waals surface area contributed by atoms with E-state index >= 15 is 0 Å². The van der Waals surface area contributed by atoms with Gasteiger partial charge < -0.3 is 15.0 Å². The summed E-state index contributed by atoms with van der Waals surface area (Å²) >= 11 is 0. The van der Waals surface area contributed by atoms with Crippen LogP contribution in [0.15, 0.2) is 59.1 Å². The molecule has 2 aromatic carbocycles. The molecule has 3 aromatic rings. The maximum absolute atomic E-state index is 13.8. The van der Waals surface area contributed by atoms with Crippen molar-refractivity contribution in [2.45, 2.75) is 75.5 Å². The maximum Gasteiger partial charge on any atom is 0.417 e. The molecule has 0 unspecified atom stereocenters. The molecule has 40 heavy (non-hydrogen) atoms. The van der Waals surface area contributed by atoms with Gasteiger partial charge >= 0.3 is 6.18 Å². The number of benzene rings is 2. The first kappa shape index (κ1) is 26.8. The minimum atomic E-state index is -4.49. The van der Waals surface area contributed by atoms with E-state index in [4.69, 9.17) is 15.0 Å². The van der Waals surface area contributed by atoms with Crippen molar-refractivity contribution < 1.29 is 27.2 Å². The average molecular weight is 551 g/mol. The molecule has 3 heterocycles. The third-order valence-corrected chi connectivity index (χ3v) is 9.23. The largest absolute Gasteiger partial charge is 0.417 e. The van der Waals surface area contributed by atoms with Gasteiger partial charge in [-0.25, -0.2) is 0 Å². The zero-order valence-electron chi connectivity index (χ0n) is 22.7. The van der Waals surface area contributed by atoms with Crippen molar-refractivity contribution in [3.63, 3.8) is 0 Å². The molecule has 8 heteroatoms. The Morgan fingerprint density at radius 1 is 1.02 bits per heavy atom. The van der Waals surface area contributed by atoms with Gasteiger partial charge in [0.2, 0.25) is 5.91 Å². The van der Waals surface area contributed by atoms with Crippen LogP contribution in [-0.4, -0.2) is 17.7 Å². The fourth-order valence-corrected chi connectivity index (χ4v) is 6.14. The van der Waals surface area contributed by atoms with Crippen LogP contribution in [0.5, 0.6) is 0 Å². The van der Waals surface area contributed by atoms with Gasteiger partial charge in [0.15, 0.2) is 0 Å². The number of carbonyl (C=O) groups is 1. The Kier molecular flexibility index (Phi) is 6.26. The van der Waals surface area contributed by atoms with Gasteiger partial charge in [-0.3, -0.25) is 4.79 Å². The highest BCUT2D eigenvalue weighted by Crippen LogP contribution is 2.55. The Morgan fingerprint density at radius 3 is 2.27 bits per heavy atom. The second-order valence-corrected chi connectivity index (χ2v) is 12.2. The van der Waals surface area contributed by atoms with Crippen LogP contribution in [0.3, 0.4) is 0 Å². The molecule has 0 atom stereocenters. The number of nitrogens with two attached hydrogens (primary N) is 1. The SMILES string of the molecule is CC(C)(C(N)=O)c1ccc(C23CCC(C=Cc4c(-c5ccccc5C(F)(F)F)noc4C4CC4)(CC2)CO3)cc1. The molecule has 210 valence electrons. The molecular weight excluding hydrogens is 517 g/mol. The van der Waals surface area contributed by atoms with Gasteiger partial charge in [0.1, 0.15) is 11.5 Å². The number of hydrogen-bond donors (Lipinski definition) is 1. The number of rotatable bonds is 7. The number of amides is 1. The van der Waals surface area contributed by atoms with Crippen molar-refractivity contribution in [1.29, 1.82) is 0 Å². The van der Waals surface area contributed by atoms with Crippen LogP contribution in [0.25, 0.3) is 17.3 Å². The van der Waals surface area contributed by atoms with Crippen LogP contribution >= 0.6 is 0 Å². The lowest BCUT2D eigenvalue weighted by molar-refractivity contribution is -0.173. The summed E-state index contributed by atoms with van der Waals surface area (Å²) in [6.45, 7) is 4.16. The third-order valence-electron chi connectivity index (χ3n) is 9.23. The first-order valence-corrected chi connectivity index (χ1v) is 13.8. The molecule has 1 aromatic heterocycles. The molecule has 1 amide bonds. The van der Waals surface area contributed by atoms with E-state index < -0.39 is 17.2 Å². The second-order valence-electron chi connectivity index (χ2n) is 12.2. The van der Waals surface area contributed by atoms with E-state index in [0.29, 0.717) is 17.9 Å². The number of ether oxygens (including phenoxy) is 1. The van der Waals surface area contributed by atoms with Crippen molar-refractivity contribution in [1.82, 2.24) is 5.16 Å². The van der Waals surface area contributed by atoms with Gasteiger partial charge in [-0.2, -0.15) is 13.2 Å². The molecular formula is C32H33F3N2O3. The van der Waals surface area contributed by atoms with Crippen LogP contribution in [0.4, 0.5) is 13.2 Å². The molecule has 2 saturated carbocycles. The summed E-state index contributed by atoms with van der Waals surface area (Å²) in [6.07, 6.45) is 4.91. The number of nitrogens with zero attached hydrogens (tertiary/aromatic N) is 1. The molecule has 2 aliphatic carbocycles. The normalized spacial score (nSPS) is 25.0. The van der Waals surface area contributed by atoms with E-state index in [2.05, 4.69) is 11.2 Å². The summed E-state index contributed by atoms with van der Waals surface area (Å²) in [5.74, 6) is 0.491. The quantitative estimate of drug-likeness (QED) is 0.330. The molecule has 4 aliphatic rings. The number of primary amides is 1. The number of halogens is 3. The highest BCUT2D eigenvalue weighted by atomic mass is 19.4. The van der Waals surface area contributed by atoms with Crippen molar-refractivity contribution in [2.75, 3.05) is 6.61 Å². The van der Waals surface area contributed by atoms with E-state index in [1.807, 2.05) is 44.2 Å². The van der Waals surface area contributed by atoms with Gasteiger partial charge in [-0.05, 0) is 69.6 Å². The fourth-order valence-electron chi connectivity index (χ4n) is 6.14. The Bertz CT molecular complexity index is 1440. The minimum Gasteiger partial charge on any atom is -0.369 e. The van der Waals surface area contributed by atoms with Crippen molar-refractivity contribution in [2.24, 2.45) is 11.1 Å². The van der Waals surface area contributed by atoms with Gasteiger partial charge in [0.05, 0.1) is 23.2 Å². The molecule has 2 bridgehead atoms. The lowest BCUT2D eigenvalue weighted by atomic mass is 9.64. The highest BCUT2D eigenvalue weighted by Gasteiger charge is 2.49. The van der Waals surface area contributed by atoms with Gasteiger partial charge in [0, 0.05) is 22.5 Å². The van der Waals surface area contributed by atoms with Gasteiger partial charge in [0.25, 0.3) is 0 Å². The van der Waals surface area contributed by atoms with Crippen LogP contribution < -0.4 is 5.73 Å². The molecule has 2 N–H and O–H groups in total. The van der Waals surface area contributed by atoms with E-state index in [1.165, 1.54) is 12.1 Å². The fraction of sp³-hybridized carbons (Fsp3) is 0.438. The summed E-state index contributed by atoms with van der Waals surface area (Å²) in [7, 11) is 0. The zero-order chi connectivity index (χ0) is 28.3. The number of fused-ring (bicyclic) bond motifs is 3. The average Bonchev–Trinajstić information content (AvgIpc) is 3.71. The first-order chi connectivity index (χ1) is 18.9. The van der Waals surface area contributed by atoms with Crippen LogP contribution in [0.1, 0.15) is 86.3 Å². The molecule has 7 rings (SSSR count). The Labute approximate surface area is 231 Å². The van der Waals surface area contributed by atoms with Crippen LogP contribution in [0.2, 0.25) is 0 Å². The van der Waals surface area contributed by atoms with E-state index in [0.717, 1.165) is 55.7 Å². The molecule has 0 spiro atoms. The van der Waals surface area contributed by atoms with Gasteiger partial charge in [-0.15, -0.1) is 0 Å². The first-order valence-electron chi connectivity index (χ1n) is 13.8. The molecule has 2 aliphatic heterocycles. The minimum absolute atomic E-state index is 0.0355. The summed E-state index contributed by atoms with van der Waals surface area (Å²) in [5, 5.41) is 4.14. The molecule has 4 fully saturated rings. The molecule has 2 saturated heterocycles. The number of carbonyl (C=O) groups excluding carboxylic acids is 1. The van der Waals surface area contributed by atoms with Gasteiger partial charge in [-0.1, -0.05) is 59.8 Å². The van der Waals surface area contributed by atoms with E-state index in [1.54, 1.807) is 6.07 Å². The highest BCUT2D eigenvalue weighted by molar-refractivity contribution is 5.85. The van der Waals surface area contributed by atoms with Crippen molar-refractivity contribution in [3.8, 4) is 11.3 Å². The Balaban J connectivity index is 1.26. The van der Waals surface area contributed by atoms with E-state index in [-0.39, 0.29) is 34.1 Å². The second kappa shape index (κ2) is 9.33. The van der Waals surface area contributed by atoms with Crippen LogP contribution in [0, 0.1) is 5.41 Å². The number of hydrogen-bond acceptors (Lipinski definition) is 4. The third kappa shape index (κ3) is 4.56. The van der Waals surface area contributed by atoms with Crippen LogP contribution in [-0.2, 0) is 26.7 Å². The summed E-state index contributed by atoms with van der Waals surface area (Å²) in [6, 6.07) is 13.5. The summed E-state index contributed by atoms with van der Waals surface area (Å²) in [4.78, 5) is 11.9. The molecule has 5 nitrogen and oxygen atoms in total. The number of aromatic nitrogens is 1. The Morgan fingerprint density at radius 2 is 1.70 bits per heavy atom. The monoisotopic (exact) mass is 550 g/mol. The zero-order valence-corrected chi connectivity index (χ0v) is 22.7. The smallest absolute Gasteiger partial charge is 0.369 e. The van der Waals surface area contributed by atoms with Crippen molar-refractivity contribution >= 4 is 12.0 Å². The Hall–Kier alpha value is -3.39. The lowest BCUT2D eigenvalue weighted by Gasteiger charge is -2.52. The predicted molar refractivity (Wildman–Crippen MR) is 145 cm³/mol. The number of alkyl halides is 3. The molecule has 0 radical (unpaired) electrons.